The first-order valence-corrected chi connectivity index (χ1v) is 7.18. The van der Waals surface area contributed by atoms with Crippen LogP contribution in [0.1, 0.15) is 17.3 Å². The van der Waals surface area contributed by atoms with E-state index < -0.39 is 21.8 Å². The number of aromatic nitrogens is 1. The number of anilines is 2. The molecule has 0 aliphatic heterocycles. The molecule has 0 saturated heterocycles. The molecule has 0 spiro atoms. The lowest BCUT2D eigenvalue weighted by molar-refractivity contribution is 0.0697. The van der Waals surface area contributed by atoms with Crippen molar-refractivity contribution in [2.45, 2.75) is 13.0 Å². The van der Waals surface area contributed by atoms with E-state index in [1.54, 1.807) is 6.92 Å². The van der Waals surface area contributed by atoms with Crippen molar-refractivity contribution < 1.29 is 18.3 Å². The molecule has 1 rings (SSSR count). The van der Waals surface area contributed by atoms with Gasteiger partial charge in [-0.1, -0.05) is 0 Å². The third kappa shape index (κ3) is 4.21. The van der Waals surface area contributed by atoms with Gasteiger partial charge < -0.3 is 16.2 Å². The van der Waals surface area contributed by atoms with Crippen LogP contribution in [0.3, 0.4) is 0 Å². The van der Waals surface area contributed by atoms with Crippen molar-refractivity contribution in [2.75, 3.05) is 23.1 Å². The number of aromatic carboxylic acids is 1. The first-order valence-electron chi connectivity index (χ1n) is 5.12. The van der Waals surface area contributed by atoms with E-state index in [0.717, 1.165) is 6.26 Å². The fourth-order valence-electron chi connectivity index (χ4n) is 1.49. The summed E-state index contributed by atoms with van der Waals surface area (Å²) in [5, 5.41) is 11.7. The standard InChI is InChI=1S/C10H15N3O4S/c1-6(5-18(2,16)17)13-9-8(10(14)15)3-7(11)4-12-9/h3-4,6H,5,11H2,1-2H3,(H,12,13)(H,14,15). The number of hydrogen-bond acceptors (Lipinski definition) is 6. The highest BCUT2D eigenvalue weighted by atomic mass is 32.2. The summed E-state index contributed by atoms with van der Waals surface area (Å²) >= 11 is 0. The van der Waals surface area contributed by atoms with Crippen molar-refractivity contribution in [3.05, 3.63) is 17.8 Å². The Labute approximate surface area is 105 Å². The van der Waals surface area contributed by atoms with Crippen molar-refractivity contribution in [1.82, 2.24) is 4.98 Å². The molecule has 0 fully saturated rings. The molecule has 0 aromatic carbocycles. The van der Waals surface area contributed by atoms with E-state index >= 15 is 0 Å². The lowest BCUT2D eigenvalue weighted by atomic mass is 10.2. The third-order valence-corrected chi connectivity index (χ3v) is 3.18. The third-order valence-electron chi connectivity index (χ3n) is 2.08. The minimum absolute atomic E-state index is 0.0876. The number of hydrogen-bond donors (Lipinski definition) is 3. The largest absolute Gasteiger partial charge is 0.478 e. The molecule has 8 heteroatoms. The Hall–Kier alpha value is -1.83. The summed E-state index contributed by atoms with van der Waals surface area (Å²) < 4.78 is 22.2. The maximum absolute atomic E-state index is 11.1. The molecule has 100 valence electrons. The molecule has 0 aliphatic rings. The number of carbonyl (C=O) groups is 1. The van der Waals surface area contributed by atoms with Gasteiger partial charge in [0.2, 0.25) is 0 Å². The summed E-state index contributed by atoms with van der Waals surface area (Å²) in [5.41, 5.74) is 5.59. The molecule has 1 atom stereocenters. The molecule has 1 aromatic heterocycles. The number of nitrogen functional groups attached to an aromatic ring is 1. The van der Waals surface area contributed by atoms with Crippen LogP contribution < -0.4 is 11.1 Å². The molecule has 1 unspecified atom stereocenters. The minimum Gasteiger partial charge on any atom is -0.478 e. The van der Waals surface area contributed by atoms with Gasteiger partial charge in [0, 0.05) is 12.3 Å². The fourth-order valence-corrected chi connectivity index (χ4v) is 2.48. The van der Waals surface area contributed by atoms with Crippen molar-refractivity contribution in [2.24, 2.45) is 0 Å². The van der Waals surface area contributed by atoms with Crippen LogP contribution in [0.2, 0.25) is 0 Å². The van der Waals surface area contributed by atoms with Crippen molar-refractivity contribution in [1.29, 1.82) is 0 Å². The van der Waals surface area contributed by atoms with Crippen molar-refractivity contribution in [3.63, 3.8) is 0 Å². The van der Waals surface area contributed by atoms with Gasteiger partial charge in [0.15, 0.2) is 0 Å². The molecule has 0 radical (unpaired) electrons. The number of sulfone groups is 1. The first-order chi connectivity index (χ1) is 8.19. The molecular weight excluding hydrogens is 258 g/mol. The van der Waals surface area contributed by atoms with Gasteiger partial charge >= 0.3 is 5.97 Å². The van der Waals surface area contributed by atoms with Crippen LogP contribution in [0.25, 0.3) is 0 Å². The van der Waals surface area contributed by atoms with Crippen molar-refractivity contribution in [3.8, 4) is 0 Å². The van der Waals surface area contributed by atoms with Gasteiger partial charge in [0.25, 0.3) is 0 Å². The van der Waals surface area contributed by atoms with Crippen LogP contribution in [-0.4, -0.2) is 42.5 Å². The van der Waals surface area contributed by atoms with E-state index in [0.29, 0.717) is 0 Å². The molecule has 4 N–H and O–H groups in total. The van der Waals surface area contributed by atoms with Gasteiger partial charge in [-0.15, -0.1) is 0 Å². The van der Waals surface area contributed by atoms with Crippen LogP contribution in [0.5, 0.6) is 0 Å². The van der Waals surface area contributed by atoms with Gasteiger partial charge in [-0.2, -0.15) is 0 Å². The van der Waals surface area contributed by atoms with Gasteiger partial charge in [-0.25, -0.2) is 18.2 Å². The molecule has 1 heterocycles. The number of carboxylic acids is 1. The van der Waals surface area contributed by atoms with E-state index in [1.807, 2.05) is 0 Å². The quantitative estimate of drug-likeness (QED) is 0.700. The second-order valence-corrected chi connectivity index (χ2v) is 6.29. The predicted molar refractivity (Wildman–Crippen MR) is 68.4 cm³/mol. The lowest BCUT2D eigenvalue weighted by Gasteiger charge is -2.15. The van der Waals surface area contributed by atoms with Crippen LogP contribution in [0.15, 0.2) is 12.3 Å². The molecule has 0 bridgehead atoms. The van der Waals surface area contributed by atoms with Crippen LogP contribution in [0, 0.1) is 0 Å². The summed E-state index contributed by atoms with van der Waals surface area (Å²) in [5.74, 6) is -1.19. The van der Waals surface area contributed by atoms with Gasteiger partial charge in [0.05, 0.1) is 17.6 Å². The zero-order chi connectivity index (χ0) is 13.9. The smallest absolute Gasteiger partial charge is 0.339 e. The Morgan fingerprint density at radius 3 is 2.72 bits per heavy atom. The second-order valence-electron chi connectivity index (χ2n) is 4.11. The van der Waals surface area contributed by atoms with Crippen LogP contribution in [-0.2, 0) is 9.84 Å². The van der Waals surface area contributed by atoms with E-state index in [1.165, 1.54) is 12.3 Å². The summed E-state index contributed by atoms with van der Waals surface area (Å²) in [6.07, 6.45) is 2.42. The number of rotatable bonds is 5. The van der Waals surface area contributed by atoms with Gasteiger partial charge in [0.1, 0.15) is 21.2 Å². The fraction of sp³-hybridized carbons (Fsp3) is 0.400. The molecule has 1 aromatic rings. The van der Waals surface area contributed by atoms with Crippen LogP contribution >= 0.6 is 0 Å². The first kappa shape index (κ1) is 14.2. The molecular formula is C10H15N3O4S. The maximum atomic E-state index is 11.1. The summed E-state index contributed by atoms with van der Waals surface area (Å²) in [6, 6.07) is 0.819. The number of pyridine rings is 1. The zero-order valence-electron chi connectivity index (χ0n) is 10.0. The van der Waals surface area contributed by atoms with E-state index in [-0.39, 0.29) is 22.8 Å². The Balaban J connectivity index is 2.94. The van der Waals surface area contributed by atoms with Gasteiger partial charge in [-0.05, 0) is 13.0 Å². The SMILES string of the molecule is CC(CS(C)(=O)=O)Nc1ncc(N)cc1C(=O)O. The predicted octanol–water partition coefficient (Wildman–Crippen LogP) is 0.207. The normalized spacial score (nSPS) is 13.0. The average Bonchev–Trinajstić information content (AvgIpc) is 2.17. The van der Waals surface area contributed by atoms with Crippen molar-refractivity contribution >= 4 is 27.3 Å². The molecule has 7 nitrogen and oxygen atoms in total. The highest BCUT2D eigenvalue weighted by Crippen LogP contribution is 2.16. The number of nitrogens with zero attached hydrogens (tertiary/aromatic N) is 1. The number of nitrogens with one attached hydrogen (secondary N) is 1. The van der Waals surface area contributed by atoms with Gasteiger partial charge in [-0.3, -0.25) is 0 Å². The highest BCUT2D eigenvalue weighted by Gasteiger charge is 2.16. The lowest BCUT2D eigenvalue weighted by Crippen LogP contribution is -2.26. The monoisotopic (exact) mass is 273 g/mol. The Morgan fingerprint density at radius 2 is 2.22 bits per heavy atom. The Kier molecular flexibility index (Phi) is 4.12. The topological polar surface area (TPSA) is 122 Å². The number of carboxylic acid groups (broad SMARTS) is 1. The summed E-state index contributed by atoms with van der Waals surface area (Å²) in [4.78, 5) is 14.8. The van der Waals surface area contributed by atoms with Crippen LogP contribution in [0.4, 0.5) is 11.5 Å². The number of nitrogens with two attached hydrogens (primary N) is 1. The molecule has 0 aliphatic carbocycles. The second kappa shape index (κ2) is 5.21. The van der Waals surface area contributed by atoms with E-state index in [4.69, 9.17) is 10.8 Å². The Morgan fingerprint density at radius 1 is 1.61 bits per heavy atom. The van der Waals surface area contributed by atoms with E-state index in [2.05, 4.69) is 10.3 Å². The molecule has 0 amide bonds. The summed E-state index contributed by atoms with van der Waals surface area (Å²) in [7, 11) is -3.15. The summed E-state index contributed by atoms with van der Waals surface area (Å²) in [6.45, 7) is 1.63. The molecule has 0 saturated carbocycles. The molecule has 18 heavy (non-hydrogen) atoms. The Bertz CT molecular complexity index is 556. The maximum Gasteiger partial charge on any atom is 0.339 e. The minimum atomic E-state index is -3.15. The highest BCUT2D eigenvalue weighted by molar-refractivity contribution is 7.90. The average molecular weight is 273 g/mol. The van der Waals surface area contributed by atoms with E-state index in [9.17, 15) is 13.2 Å². The zero-order valence-corrected chi connectivity index (χ0v) is 10.9.